The molecular weight excluding hydrogens is 252 g/mol. The van der Waals surface area contributed by atoms with Crippen molar-refractivity contribution in [2.24, 2.45) is 0 Å². The quantitative estimate of drug-likeness (QED) is 0.767. The second kappa shape index (κ2) is 5.39. The van der Waals surface area contributed by atoms with Crippen molar-refractivity contribution in [2.75, 3.05) is 0 Å². The van der Waals surface area contributed by atoms with Gasteiger partial charge in [-0.05, 0) is 18.6 Å². The number of halogens is 3. The van der Waals surface area contributed by atoms with Crippen LogP contribution in [0, 0.1) is 6.92 Å². The zero-order valence-corrected chi connectivity index (χ0v) is 10.4. The molecule has 0 amide bonds. The first-order valence-electron chi connectivity index (χ1n) is 5.94. The zero-order valence-electron chi connectivity index (χ0n) is 10.4. The third-order valence-electron chi connectivity index (χ3n) is 2.75. The average molecular weight is 265 g/mol. The molecule has 0 aliphatic carbocycles. The van der Waals surface area contributed by atoms with Crippen LogP contribution in [0.1, 0.15) is 11.1 Å². The van der Waals surface area contributed by atoms with Crippen LogP contribution in [-0.2, 0) is 6.61 Å². The Morgan fingerprint density at radius 1 is 1.00 bits per heavy atom. The van der Waals surface area contributed by atoms with E-state index in [1.54, 1.807) is 0 Å². The molecule has 0 aliphatic rings. The summed E-state index contributed by atoms with van der Waals surface area (Å²) in [4.78, 5) is 0. The third kappa shape index (κ3) is 3.53. The van der Waals surface area contributed by atoms with Crippen molar-refractivity contribution >= 4 is 12.4 Å². The van der Waals surface area contributed by atoms with Gasteiger partial charge in [-0.1, -0.05) is 53.5 Å². The molecule has 19 heavy (non-hydrogen) atoms. The predicted octanol–water partition coefficient (Wildman–Crippen LogP) is 3.63. The van der Waals surface area contributed by atoms with Gasteiger partial charge in [0, 0.05) is 0 Å². The van der Waals surface area contributed by atoms with Crippen LogP contribution in [0.4, 0.5) is 12.9 Å². The van der Waals surface area contributed by atoms with Crippen LogP contribution in [0.5, 0.6) is 5.75 Å². The molecule has 0 spiro atoms. The lowest BCUT2D eigenvalue weighted by molar-refractivity contribution is 0.307. The highest BCUT2D eigenvalue weighted by Gasteiger charge is 2.28. The Kier molecular flexibility index (Phi) is 3.83. The fourth-order valence-electron chi connectivity index (χ4n) is 1.85. The molecule has 2 aromatic carbocycles. The van der Waals surface area contributed by atoms with Gasteiger partial charge in [-0.2, -0.15) is 0 Å². The molecule has 0 N–H and O–H groups in total. The Balaban J connectivity index is 2.16. The van der Waals surface area contributed by atoms with Crippen LogP contribution < -0.4 is 10.2 Å². The molecule has 0 aromatic heterocycles. The van der Waals surface area contributed by atoms with Gasteiger partial charge in [0.25, 0.3) is 0 Å². The summed E-state index contributed by atoms with van der Waals surface area (Å²) in [5.74, 6) is -0.114. The normalized spacial score (nSPS) is 11.4. The molecule has 0 fully saturated rings. The van der Waals surface area contributed by atoms with E-state index < -0.39 is 12.4 Å². The van der Waals surface area contributed by atoms with Crippen molar-refractivity contribution in [1.29, 1.82) is 0 Å². The van der Waals surface area contributed by atoms with Crippen LogP contribution in [-0.4, -0.2) is 6.98 Å². The molecule has 0 bridgehead atoms. The number of ether oxygens (including phenoxy) is 1. The van der Waals surface area contributed by atoms with E-state index in [4.69, 9.17) is 4.74 Å². The van der Waals surface area contributed by atoms with E-state index in [9.17, 15) is 12.9 Å². The van der Waals surface area contributed by atoms with E-state index in [1.807, 2.05) is 31.2 Å². The molecule has 0 radical (unpaired) electrons. The minimum atomic E-state index is -5.05. The molecular formula is C14H13BF3O-. The molecule has 2 aromatic rings. The molecule has 0 atom stereocenters. The Bertz CT molecular complexity index is 567. The Morgan fingerprint density at radius 2 is 1.74 bits per heavy atom. The molecule has 100 valence electrons. The van der Waals surface area contributed by atoms with E-state index in [-0.39, 0.29) is 12.4 Å². The van der Waals surface area contributed by atoms with E-state index in [1.165, 1.54) is 18.2 Å². The van der Waals surface area contributed by atoms with Gasteiger partial charge in [0.2, 0.25) is 0 Å². The van der Waals surface area contributed by atoms with Crippen molar-refractivity contribution in [1.82, 2.24) is 0 Å². The van der Waals surface area contributed by atoms with Crippen LogP contribution in [0.15, 0.2) is 48.5 Å². The van der Waals surface area contributed by atoms with Crippen molar-refractivity contribution in [3.05, 3.63) is 59.7 Å². The Hall–Kier alpha value is -1.91. The Labute approximate surface area is 110 Å². The highest BCUT2D eigenvalue weighted by atomic mass is 19.4. The summed E-state index contributed by atoms with van der Waals surface area (Å²) < 4.78 is 43.8. The van der Waals surface area contributed by atoms with E-state index in [0.717, 1.165) is 17.2 Å². The van der Waals surface area contributed by atoms with Gasteiger partial charge in [-0.15, -0.1) is 0 Å². The first-order valence-corrected chi connectivity index (χ1v) is 5.94. The summed E-state index contributed by atoms with van der Waals surface area (Å²) >= 11 is 0. The second-order valence-electron chi connectivity index (χ2n) is 4.39. The van der Waals surface area contributed by atoms with Crippen LogP contribution in [0.25, 0.3) is 0 Å². The first-order chi connectivity index (χ1) is 8.97. The molecule has 0 saturated carbocycles. The lowest BCUT2D eigenvalue weighted by Crippen LogP contribution is -2.35. The summed E-state index contributed by atoms with van der Waals surface area (Å²) in [5, 5.41) is 0. The predicted molar refractivity (Wildman–Crippen MR) is 70.7 cm³/mol. The number of hydrogen-bond donors (Lipinski definition) is 0. The zero-order chi connectivity index (χ0) is 13.9. The lowest BCUT2D eigenvalue weighted by atomic mass is 9.79. The average Bonchev–Trinajstić information content (AvgIpc) is 2.36. The number of para-hydroxylation sites is 1. The summed E-state index contributed by atoms with van der Waals surface area (Å²) in [6, 6.07) is 12.8. The van der Waals surface area contributed by atoms with Gasteiger partial charge in [0.15, 0.2) is 0 Å². The topological polar surface area (TPSA) is 9.23 Å². The van der Waals surface area contributed by atoms with Crippen LogP contribution in [0.3, 0.4) is 0 Å². The van der Waals surface area contributed by atoms with Crippen molar-refractivity contribution in [3.8, 4) is 5.75 Å². The fraction of sp³-hybridized carbons (Fsp3) is 0.143. The molecule has 2 rings (SSSR count). The minimum Gasteiger partial charge on any atom is -0.492 e. The van der Waals surface area contributed by atoms with Gasteiger partial charge in [0.05, 0.1) is 5.75 Å². The summed E-state index contributed by atoms with van der Waals surface area (Å²) in [6.07, 6.45) is 0. The molecule has 0 saturated heterocycles. The monoisotopic (exact) mass is 265 g/mol. The third-order valence-corrected chi connectivity index (χ3v) is 2.75. The Morgan fingerprint density at radius 3 is 2.42 bits per heavy atom. The van der Waals surface area contributed by atoms with E-state index in [0.29, 0.717) is 0 Å². The largest absolute Gasteiger partial charge is 0.513 e. The van der Waals surface area contributed by atoms with Gasteiger partial charge < -0.3 is 17.7 Å². The fourth-order valence-corrected chi connectivity index (χ4v) is 1.85. The molecule has 0 aliphatic heterocycles. The number of hydrogen-bond acceptors (Lipinski definition) is 1. The van der Waals surface area contributed by atoms with E-state index >= 15 is 0 Å². The van der Waals surface area contributed by atoms with Gasteiger partial charge in [-0.3, -0.25) is 0 Å². The van der Waals surface area contributed by atoms with Gasteiger partial charge >= 0.3 is 6.98 Å². The van der Waals surface area contributed by atoms with Crippen molar-refractivity contribution in [2.45, 2.75) is 13.5 Å². The highest BCUT2D eigenvalue weighted by molar-refractivity contribution is 6.74. The summed E-state index contributed by atoms with van der Waals surface area (Å²) in [6.45, 7) is -3.00. The maximum atomic E-state index is 12.8. The molecule has 0 unspecified atom stereocenters. The maximum Gasteiger partial charge on any atom is 0.513 e. The van der Waals surface area contributed by atoms with Crippen LogP contribution in [0.2, 0.25) is 0 Å². The summed E-state index contributed by atoms with van der Waals surface area (Å²) in [7, 11) is 0. The van der Waals surface area contributed by atoms with E-state index in [2.05, 4.69) is 0 Å². The standard InChI is InChI=1S/C14H13BF3O/c1-11-5-4-6-12(9-11)10-19-14-8-3-2-7-13(14)15(16,17)18/h2-9H,10H2,1H3/q-1. The number of rotatable bonds is 4. The van der Waals surface area contributed by atoms with Crippen molar-refractivity contribution < 1.29 is 17.7 Å². The summed E-state index contributed by atoms with van der Waals surface area (Å²) in [5.41, 5.74) is 1.22. The molecule has 5 heteroatoms. The lowest BCUT2D eigenvalue weighted by Gasteiger charge is -2.19. The highest BCUT2D eigenvalue weighted by Crippen LogP contribution is 2.18. The van der Waals surface area contributed by atoms with Gasteiger partial charge in [-0.25, -0.2) is 0 Å². The minimum absolute atomic E-state index is 0.114. The second-order valence-corrected chi connectivity index (χ2v) is 4.39. The number of aryl methyl sites for hydroxylation is 1. The number of benzene rings is 2. The molecule has 0 heterocycles. The SMILES string of the molecule is Cc1cccc(COc2ccccc2[B-](F)(F)F)c1. The van der Waals surface area contributed by atoms with Crippen LogP contribution >= 0.6 is 0 Å². The maximum absolute atomic E-state index is 12.8. The molecule has 1 nitrogen and oxygen atoms in total. The smallest absolute Gasteiger partial charge is 0.492 e. The van der Waals surface area contributed by atoms with Crippen molar-refractivity contribution in [3.63, 3.8) is 0 Å². The van der Waals surface area contributed by atoms with Gasteiger partial charge in [0.1, 0.15) is 6.61 Å². The first kappa shape index (κ1) is 13.5.